The molecule has 0 bridgehead atoms. The molecule has 4 rings (SSSR count). The second-order valence-corrected chi connectivity index (χ2v) is 6.68. The second kappa shape index (κ2) is 6.87. The van der Waals surface area contributed by atoms with Crippen LogP contribution in [-0.4, -0.2) is 39.8 Å². The van der Waals surface area contributed by atoms with Gasteiger partial charge in [0.05, 0.1) is 11.6 Å². The first-order chi connectivity index (χ1) is 12.6. The average molecular weight is 357 g/mol. The summed E-state index contributed by atoms with van der Waals surface area (Å²) in [5.41, 5.74) is 5.30. The maximum Gasteiger partial charge on any atom is 0.254 e. The van der Waals surface area contributed by atoms with Crippen LogP contribution in [0.15, 0.2) is 35.6 Å². The van der Waals surface area contributed by atoms with Crippen molar-refractivity contribution in [1.82, 2.24) is 20.3 Å². The number of piperidine rings is 1. The summed E-state index contributed by atoms with van der Waals surface area (Å²) in [6, 6.07) is 4.71. The number of rotatable bonds is 3. The van der Waals surface area contributed by atoms with Crippen molar-refractivity contribution in [2.24, 2.45) is 10.9 Å². The fraction of sp³-hybridized carbons (Fsp3) is 0.389. The predicted octanol–water partition coefficient (Wildman–Crippen LogP) is 2.34. The SMILES string of the molecule is Cc1c[nH]c(C2N=C([C@H]3CCCN(C(=O)c4ccnc(F)c4)C3)ON2)c1. The molecule has 0 radical (unpaired) electrons. The normalized spacial score (nSPS) is 22.8. The van der Waals surface area contributed by atoms with E-state index in [-0.39, 0.29) is 18.0 Å². The van der Waals surface area contributed by atoms with E-state index >= 15 is 0 Å². The van der Waals surface area contributed by atoms with E-state index in [2.05, 4.69) is 20.4 Å². The lowest BCUT2D eigenvalue weighted by Gasteiger charge is -2.32. The zero-order valence-electron chi connectivity index (χ0n) is 14.4. The number of aryl methyl sites for hydroxylation is 1. The summed E-state index contributed by atoms with van der Waals surface area (Å²) < 4.78 is 13.3. The molecular weight excluding hydrogens is 337 g/mol. The summed E-state index contributed by atoms with van der Waals surface area (Å²) in [7, 11) is 0. The van der Waals surface area contributed by atoms with E-state index in [1.807, 2.05) is 19.2 Å². The molecule has 1 fully saturated rings. The lowest BCUT2D eigenvalue weighted by atomic mass is 9.97. The van der Waals surface area contributed by atoms with E-state index in [1.165, 1.54) is 18.3 Å². The number of hydrogen-bond acceptors (Lipinski definition) is 5. The second-order valence-electron chi connectivity index (χ2n) is 6.68. The lowest BCUT2D eigenvalue weighted by Crippen LogP contribution is -2.42. The Morgan fingerprint density at radius 3 is 3.08 bits per heavy atom. The van der Waals surface area contributed by atoms with Gasteiger partial charge in [0.15, 0.2) is 6.17 Å². The minimum Gasteiger partial charge on any atom is -0.391 e. The zero-order chi connectivity index (χ0) is 18.1. The Balaban J connectivity index is 1.46. The van der Waals surface area contributed by atoms with Gasteiger partial charge >= 0.3 is 0 Å². The van der Waals surface area contributed by atoms with E-state index in [9.17, 15) is 9.18 Å². The number of aromatic nitrogens is 2. The molecule has 4 heterocycles. The van der Waals surface area contributed by atoms with Crippen LogP contribution in [0.4, 0.5) is 4.39 Å². The largest absolute Gasteiger partial charge is 0.391 e. The van der Waals surface area contributed by atoms with Crippen LogP contribution < -0.4 is 5.48 Å². The van der Waals surface area contributed by atoms with Crippen LogP contribution in [0, 0.1) is 18.8 Å². The lowest BCUT2D eigenvalue weighted by molar-refractivity contribution is 0.0684. The first-order valence-corrected chi connectivity index (χ1v) is 8.66. The maximum absolute atomic E-state index is 13.3. The molecule has 8 heteroatoms. The predicted molar refractivity (Wildman–Crippen MR) is 92.7 cm³/mol. The molecule has 0 saturated carbocycles. The van der Waals surface area contributed by atoms with E-state index in [0.29, 0.717) is 24.6 Å². The van der Waals surface area contributed by atoms with Crippen LogP contribution in [0.2, 0.25) is 0 Å². The van der Waals surface area contributed by atoms with Gasteiger partial charge in [0.25, 0.3) is 5.91 Å². The van der Waals surface area contributed by atoms with Gasteiger partial charge in [-0.25, -0.2) is 9.98 Å². The first kappa shape index (κ1) is 16.7. The number of aliphatic imine (C=N–C) groups is 1. The van der Waals surface area contributed by atoms with Crippen molar-refractivity contribution in [3.05, 3.63) is 53.4 Å². The van der Waals surface area contributed by atoms with Crippen molar-refractivity contribution < 1.29 is 14.0 Å². The number of aromatic amines is 1. The number of hydrogen-bond donors (Lipinski definition) is 2. The summed E-state index contributed by atoms with van der Waals surface area (Å²) in [4.78, 5) is 31.2. The van der Waals surface area contributed by atoms with Gasteiger partial charge in [-0.15, -0.1) is 5.48 Å². The zero-order valence-corrected chi connectivity index (χ0v) is 14.4. The molecule has 26 heavy (non-hydrogen) atoms. The Kier molecular flexibility index (Phi) is 4.42. The number of carbonyl (C=O) groups is 1. The molecule has 0 spiro atoms. The number of nitrogens with zero attached hydrogens (tertiary/aromatic N) is 3. The molecular formula is C18H20FN5O2. The van der Waals surface area contributed by atoms with Crippen LogP contribution >= 0.6 is 0 Å². The topological polar surface area (TPSA) is 82.6 Å². The van der Waals surface area contributed by atoms with Crippen LogP contribution in [0.25, 0.3) is 0 Å². The Bertz CT molecular complexity index is 850. The van der Waals surface area contributed by atoms with Crippen molar-refractivity contribution >= 4 is 11.8 Å². The van der Waals surface area contributed by atoms with Crippen molar-refractivity contribution in [2.45, 2.75) is 25.9 Å². The Morgan fingerprint density at radius 2 is 2.31 bits per heavy atom. The molecule has 2 aromatic heterocycles. The number of nitrogens with one attached hydrogen (secondary N) is 2. The van der Waals surface area contributed by atoms with Crippen LogP contribution in [0.5, 0.6) is 0 Å². The fourth-order valence-corrected chi connectivity index (χ4v) is 3.38. The molecule has 1 amide bonds. The van der Waals surface area contributed by atoms with Gasteiger partial charge in [-0.05, 0) is 37.5 Å². The highest BCUT2D eigenvalue weighted by molar-refractivity contribution is 5.94. The van der Waals surface area contributed by atoms with Crippen molar-refractivity contribution in [1.29, 1.82) is 0 Å². The Labute approximate surface area is 150 Å². The molecule has 1 unspecified atom stereocenters. The third-order valence-electron chi connectivity index (χ3n) is 4.71. The van der Waals surface area contributed by atoms with Gasteiger partial charge in [-0.3, -0.25) is 4.79 Å². The number of hydroxylamine groups is 1. The molecule has 1 saturated heterocycles. The summed E-state index contributed by atoms with van der Waals surface area (Å²) in [5, 5.41) is 0. The number of amides is 1. The summed E-state index contributed by atoms with van der Waals surface area (Å²) >= 11 is 0. The molecule has 0 aromatic carbocycles. The van der Waals surface area contributed by atoms with E-state index in [0.717, 1.165) is 24.1 Å². The minimum absolute atomic E-state index is 0.0212. The number of likely N-dealkylation sites (tertiary alicyclic amines) is 1. The number of pyridine rings is 1. The smallest absolute Gasteiger partial charge is 0.254 e. The number of carbonyl (C=O) groups excluding carboxylic acids is 1. The minimum atomic E-state index is -0.652. The summed E-state index contributed by atoms with van der Waals surface area (Å²) in [5.74, 6) is -0.214. The van der Waals surface area contributed by atoms with Crippen LogP contribution in [0.1, 0.15) is 40.6 Å². The summed E-state index contributed by atoms with van der Waals surface area (Å²) in [6.45, 7) is 3.14. The van der Waals surface area contributed by atoms with Gasteiger partial charge in [0, 0.05) is 37.1 Å². The molecule has 136 valence electrons. The van der Waals surface area contributed by atoms with Crippen molar-refractivity contribution in [3.63, 3.8) is 0 Å². The average Bonchev–Trinajstić information content (AvgIpc) is 3.30. The van der Waals surface area contributed by atoms with Gasteiger partial charge in [-0.2, -0.15) is 4.39 Å². The van der Waals surface area contributed by atoms with Gasteiger partial charge in [0.1, 0.15) is 0 Å². The summed E-state index contributed by atoms with van der Waals surface area (Å²) in [6.07, 6.45) is 4.70. The van der Waals surface area contributed by atoms with Gasteiger partial charge < -0.3 is 14.7 Å². The van der Waals surface area contributed by atoms with E-state index in [4.69, 9.17) is 4.84 Å². The molecule has 2 aliphatic heterocycles. The van der Waals surface area contributed by atoms with Crippen LogP contribution in [0.3, 0.4) is 0 Å². The van der Waals surface area contributed by atoms with Crippen LogP contribution in [-0.2, 0) is 4.84 Å². The monoisotopic (exact) mass is 357 g/mol. The van der Waals surface area contributed by atoms with Gasteiger partial charge in [-0.1, -0.05) is 0 Å². The van der Waals surface area contributed by atoms with Crippen molar-refractivity contribution in [3.8, 4) is 0 Å². The standard InChI is InChI=1S/C18H20FN5O2/c1-11-7-14(21-9-11)16-22-17(26-23-16)13-3-2-6-24(10-13)18(25)12-4-5-20-15(19)8-12/h4-5,7-9,13,16,21,23H,2-3,6,10H2,1H3/t13-,16?/m0/s1. The molecule has 2 N–H and O–H groups in total. The van der Waals surface area contributed by atoms with E-state index in [1.54, 1.807) is 4.90 Å². The highest BCUT2D eigenvalue weighted by atomic mass is 19.1. The highest BCUT2D eigenvalue weighted by Crippen LogP contribution is 2.26. The molecule has 2 atom stereocenters. The molecule has 2 aromatic rings. The fourth-order valence-electron chi connectivity index (χ4n) is 3.38. The Morgan fingerprint density at radius 1 is 1.42 bits per heavy atom. The number of H-pyrrole nitrogens is 1. The number of halogens is 1. The highest BCUT2D eigenvalue weighted by Gasteiger charge is 2.33. The third-order valence-corrected chi connectivity index (χ3v) is 4.71. The third kappa shape index (κ3) is 3.32. The van der Waals surface area contributed by atoms with E-state index < -0.39 is 5.95 Å². The quantitative estimate of drug-likeness (QED) is 0.826. The Hall–Kier alpha value is -2.74. The first-order valence-electron chi connectivity index (χ1n) is 8.66. The van der Waals surface area contributed by atoms with Crippen molar-refractivity contribution in [2.75, 3.05) is 13.1 Å². The molecule has 2 aliphatic rings. The maximum atomic E-state index is 13.3. The molecule has 7 nitrogen and oxygen atoms in total. The van der Waals surface area contributed by atoms with Gasteiger partial charge in [0.2, 0.25) is 11.8 Å². The molecule has 0 aliphatic carbocycles.